The third-order valence-electron chi connectivity index (χ3n) is 0.743. The zero-order valence-corrected chi connectivity index (χ0v) is 5.72. The Balaban J connectivity index is 3.08. The lowest BCUT2D eigenvalue weighted by atomic mass is 10.1. The molecule has 0 aliphatic heterocycles. The number of hydrogen-bond acceptors (Lipinski definition) is 1. The van der Waals surface area contributed by atoms with Gasteiger partial charge in [0.25, 0.3) is 0 Å². The first-order chi connectivity index (χ1) is 3.79. The maximum absolute atomic E-state index is 5.32. The van der Waals surface area contributed by atoms with Crippen molar-refractivity contribution in [3.8, 4) is 0 Å². The highest BCUT2D eigenvalue weighted by Crippen LogP contribution is 2.02. The fourth-order valence-electron chi connectivity index (χ4n) is 0.421. The maximum Gasteiger partial charge on any atom is 0.141 e. The first kappa shape index (κ1) is 5.82. The fourth-order valence-corrected chi connectivity index (χ4v) is 0.774. The van der Waals surface area contributed by atoms with E-state index in [1.165, 1.54) is 0 Å². The normalized spacial score (nSPS) is 9.12. The Morgan fingerprint density at radius 1 is 1.62 bits per heavy atom. The van der Waals surface area contributed by atoms with Crippen LogP contribution >= 0.6 is 15.9 Å². The van der Waals surface area contributed by atoms with Gasteiger partial charge < -0.3 is 0 Å². The van der Waals surface area contributed by atoms with Gasteiger partial charge in [-0.25, -0.2) is 0 Å². The van der Waals surface area contributed by atoms with Gasteiger partial charge >= 0.3 is 0 Å². The summed E-state index contributed by atoms with van der Waals surface area (Å²) in [7, 11) is 5.32. The lowest BCUT2D eigenvalue weighted by Gasteiger charge is -1.88. The lowest BCUT2D eigenvalue weighted by molar-refractivity contribution is 1.38. The SMILES string of the molecule is [B]c1cc(Br)ccn1. The summed E-state index contributed by atoms with van der Waals surface area (Å²) in [6.07, 6.45) is 1.65. The molecule has 0 bridgehead atoms. The second kappa shape index (κ2) is 2.31. The average molecular weight is 168 g/mol. The predicted octanol–water partition coefficient (Wildman–Crippen LogP) is 0.638. The molecule has 0 unspecified atom stereocenters. The molecule has 1 aromatic rings. The minimum atomic E-state index is 0.541. The van der Waals surface area contributed by atoms with Gasteiger partial charge in [0.1, 0.15) is 7.85 Å². The van der Waals surface area contributed by atoms with Crippen LogP contribution in [-0.2, 0) is 0 Å². The van der Waals surface area contributed by atoms with Gasteiger partial charge in [0.05, 0.1) is 0 Å². The number of hydrogen-bond donors (Lipinski definition) is 0. The minimum Gasteiger partial charge on any atom is -0.273 e. The van der Waals surface area contributed by atoms with Gasteiger partial charge in [-0.05, 0) is 17.7 Å². The summed E-state index contributed by atoms with van der Waals surface area (Å²) in [6.45, 7) is 0. The lowest BCUT2D eigenvalue weighted by Crippen LogP contribution is -2.05. The van der Waals surface area contributed by atoms with E-state index in [1.54, 1.807) is 12.3 Å². The molecule has 0 atom stereocenters. The van der Waals surface area contributed by atoms with Gasteiger partial charge in [0, 0.05) is 10.7 Å². The molecule has 0 amide bonds. The minimum absolute atomic E-state index is 0.541. The zero-order valence-electron chi connectivity index (χ0n) is 4.13. The molecule has 0 fully saturated rings. The maximum atomic E-state index is 5.32. The van der Waals surface area contributed by atoms with E-state index in [0.717, 1.165) is 4.47 Å². The van der Waals surface area contributed by atoms with Crippen LogP contribution in [0.5, 0.6) is 0 Å². The number of rotatable bonds is 0. The van der Waals surface area contributed by atoms with Crippen molar-refractivity contribution in [2.24, 2.45) is 0 Å². The first-order valence-electron chi connectivity index (χ1n) is 2.16. The number of halogens is 1. The van der Waals surface area contributed by atoms with E-state index in [9.17, 15) is 0 Å². The van der Waals surface area contributed by atoms with E-state index in [4.69, 9.17) is 7.85 Å². The molecule has 1 rings (SSSR count). The summed E-state index contributed by atoms with van der Waals surface area (Å²) in [6, 6.07) is 3.58. The molecule has 0 N–H and O–H groups in total. The highest BCUT2D eigenvalue weighted by atomic mass is 79.9. The Hall–Kier alpha value is -0.305. The van der Waals surface area contributed by atoms with Crippen molar-refractivity contribution in [3.63, 3.8) is 0 Å². The van der Waals surface area contributed by atoms with E-state index in [0.29, 0.717) is 5.59 Å². The molecule has 0 spiro atoms. The van der Waals surface area contributed by atoms with Crippen molar-refractivity contribution in [1.29, 1.82) is 0 Å². The van der Waals surface area contributed by atoms with Crippen LogP contribution in [0.15, 0.2) is 22.8 Å². The van der Waals surface area contributed by atoms with Crippen LogP contribution in [0.25, 0.3) is 0 Å². The molecule has 2 radical (unpaired) electrons. The summed E-state index contributed by atoms with van der Waals surface area (Å²) >= 11 is 3.24. The van der Waals surface area contributed by atoms with Crippen LogP contribution in [0.1, 0.15) is 0 Å². The summed E-state index contributed by atoms with van der Waals surface area (Å²) < 4.78 is 0.963. The van der Waals surface area contributed by atoms with Crippen LogP contribution in [0, 0.1) is 0 Å². The van der Waals surface area contributed by atoms with Crippen LogP contribution in [0.2, 0.25) is 0 Å². The van der Waals surface area contributed by atoms with Crippen molar-refractivity contribution >= 4 is 29.4 Å². The summed E-state index contributed by atoms with van der Waals surface area (Å²) in [4.78, 5) is 3.79. The Morgan fingerprint density at radius 3 is 2.75 bits per heavy atom. The average Bonchev–Trinajstić information content (AvgIpc) is 1.64. The van der Waals surface area contributed by atoms with E-state index in [1.807, 2.05) is 6.07 Å². The van der Waals surface area contributed by atoms with Gasteiger partial charge in [-0.15, -0.1) is 0 Å². The summed E-state index contributed by atoms with van der Waals surface area (Å²) in [5.74, 6) is 0. The Morgan fingerprint density at radius 2 is 2.38 bits per heavy atom. The van der Waals surface area contributed by atoms with Crippen molar-refractivity contribution in [2.75, 3.05) is 0 Å². The van der Waals surface area contributed by atoms with Gasteiger partial charge in [-0.3, -0.25) is 4.98 Å². The van der Waals surface area contributed by atoms with Crippen molar-refractivity contribution < 1.29 is 0 Å². The molecule has 38 valence electrons. The fraction of sp³-hybridized carbons (Fsp3) is 0. The van der Waals surface area contributed by atoms with Gasteiger partial charge in [-0.1, -0.05) is 15.9 Å². The van der Waals surface area contributed by atoms with E-state index in [2.05, 4.69) is 20.9 Å². The molecular weight excluding hydrogens is 165 g/mol. The molecule has 8 heavy (non-hydrogen) atoms. The smallest absolute Gasteiger partial charge is 0.141 e. The van der Waals surface area contributed by atoms with Crippen LogP contribution in [-0.4, -0.2) is 12.8 Å². The topological polar surface area (TPSA) is 12.9 Å². The number of aromatic nitrogens is 1. The van der Waals surface area contributed by atoms with Crippen molar-refractivity contribution in [3.05, 3.63) is 22.8 Å². The monoisotopic (exact) mass is 167 g/mol. The molecular formula is C5H3BBrN. The second-order valence-corrected chi connectivity index (χ2v) is 2.31. The molecule has 0 aliphatic carbocycles. The van der Waals surface area contributed by atoms with E-state index in [-0.39, 0.29) is 0 Å². The van der Waals surface area contributed by atoms with Crippen LogP contribution < -0.4 is 5.59 Å². The van der Waals surface area contributed by atoms with E-state index < -0.39 is 0 Å². The number of nitrogens with zero attached hydrogens (tertiary/aromatic N) is 1. The highest BCUT2D eigenvalue weighted by Gasteiger charge is 1.83. The summed E-state index contributed by atoms with van der Waals surface area (Å²) in [5, 5.41) is 0. The molecule has 1 nitrogen and oxygen atoms in total. The Kier molecular flexibility index (Phi) is 1.68. The van der Waals surface area contributed by atoms with Gasteiger partial charge in [-0.2, -0.15) is 0 Å². The molecule has 0 saturated carbocycles. The van der Waals surface area contributed by atoms with Crippen LogP contribution in [0.3, 0.4) is 0 Å². The highest BCUT2D eigenvalue weighted by molar-refractivity contribution is 9.10. The van der Waals surface area contributed by atoms with E-state index >= 15 is 0 Å². The third kappa shape index (κ3) is 1.34. The molecule has 0 aromatic carbocycles. The molecule has 0 aliphatic rings. The number of pyridine rings is 1. The third-order valence-corrected chi connectivity index (χ3v) is 1.24. The van der Waals surface area contributed by atoms with Gasteiger partial charge in [0.15, 0.2) is 0 Å². The predicted molar refractivity (Wildman–Crippen MR) is 37.3 cm³/mol. The zero-order chi connectivity index (χ0) is 5.98. The molecule has 3 heteroatoms. The Bertz CT molecular complexity index is 172. The Labute approximate surface area is 57.7 Å². The molecule has 1 heterocycles. The molecule has 1 aromatic heterocycles. The first-order valence-corrected chi connectivity index (χ1v) is 2.95. The largest absolute Gasteiger partial charge is 0.273 e. The van der Waals surface area contributed by atoms with Crippen molar-refractivity contribution in [1.82, 2.24) is 4.98 Å². The van der Waals surface area contributed by atoms with Crippen LogP contribution in [0.4, 0.5) is 0 Å². The van der Waals surface area contributed by atoms with Crippen molar-refractivity contribution in [2.45, 2.75) is 0 Å². The van der Waals surface area contributed by atoms with Gasteiger partial charge in [0.2, 0.25) is 0 Å². The standard InChI is InChI=1S/C5H3BBrN/c6-5-3-4(7)1-2-8-5/h1-3H. The molecule has 0 saturated heterocycles. The second-order valence-electron chi connectivity index (χ2n) is 1.40. The summed E-state index contributed by atoms with van der Waals surface area (Å²) in [5.41, 5.74) is 0.541. The quantitative estimate of drug-likeness (QED) is 0.517.